The van der Waals surface area contributed by atoms with Crippen molar-refractivity contribution in [1.29, 1.82) is 0 Å². The highest BCUT2D eigenvalue weighted by atomic mass is 32.2. The molecular formula is C16H20N4OS. The third kappa shape index (κ3) is 3.62. The van der Waals surface area contributed by atoms with Gasteiger partial charge in [0.05, 0.1) is 12.4 Å². The van der Waals surface area contributed by atoms with Gasteiger partial charge in [0.15, 0.2) is 0 Å². The topological polar surface area (TPSA) is 59.0 Å². The molecule has 0 bridgehead atoms. The van der Waals surface area contributed by atoms with Crippen LogP contribution in [0.3, 0.4) is 0 Å². The molecule has 6 heteroatoms. The summed E-state index contributed by atoms with van der Waals surface area (Å²) >= 11 is 1.85. The van der Waals surface area contributed by atoms with E-state index in [2.05, 4.69) is 27.8 Å². The summed E-state index contributed by atoms with van der Waals surface area (Å²) in [6.07, 6.45) is 6.35. The molecule has 5 nitrogen and oxygen atoms in total. The summed E-state index contributed by atoms with van der Waals surface area (Å²) in [7, 11) is 0. The molecule has 2 amide bonds. The largest absolute Gasteiger partial charge is 0.335 e. The molecule has 1 aliphatic heterocycles. The quantitative estimate of drug-likeness (QED) is 0.912. The van der Waals surface area contributed by atoms with Gasteiger partial charge in [-0.15, -0.1) is 11.8 Å². The minimum atomic E-state index is -0.112. The molecule has 1 aromatic carbocycles. The van der Waals surface area contributed by atoms with Crippen molar-refractivity contribution in [2.24, 2.45) is 0 Å². The van der Waals surface area contributed by atoms with Crippen molar-refractivity contribution < 1.29 is 4.79 Å². The SMILES string of the molecule is C[C@H](Cn1ccnc1)NC(=O)N[C@H]1CCSc2ccccc21. The first-order valence-corrected chi connectivity index (χ1v) is 8.45. The second-order valence-electron chi connectivity index (χ2n) is 5.51. The van der Waals surface area contributed by atoms with Crippen molar-refractivity contribution in [3.63, 3.8) is 0 Å². The summed E-state index contributed by atoms with van der Waals surface area (Å²) in [5, 5.41) is 6.09. The number of imidazole rings is 1. The number of urea groups is 1. The average Bonchev–Trinajstić information content (AvgIpc) is 3.00. The predicted molar refractivity (Wildman–Crippen MR) is 87.9 cm³/mol. The molecule has 116 valence electrons. The number of hydrogen-bond donors (Lipinski definition) is 2. The molecule has 0 saturated heterocycles. The first-order valence-electron chi connectivity index (χ1n) is 7.47. The number of amides is 2. The van der Waals surface area contributed by atoms with Gasteiger partial charge in [-0.3, -0.25) is 0 Å². The number of nitrogens with zero attached hydrogens (tertiary/aromatic N) is 2. The van der Waals surface area contributed by atoms with E-state index >= 15 is 0 Å². The fourth-order valence-electron chi connectivity index (χ4n) is 2.67. The molecule has 0 aliphatic carbocycles. The van der Waals surface area contributed by atoms with E-state index in [0.717, 1.165) is 12.2 Å². The van der Waals surface area contributed by atoms with Crippen LogP contribution < -0.4 is 10.6 Å². The number of fused-ring (bicyclic) bond motifs is 1. The molecule has 2 N–H and O–H groups in total. The minimum Gasteiger partial charge on any atom is -0.335 e. The fraction of sp³-hybridized carbons (Fsp3) is 0.375. The van der Waals surface area contributed by atoms with Crippen LogP contribution in [0.1, 0.15) is 24.9 Å². The minimum absolute atomic E-state index is 0.0439. The maximum atomic E-state index is 12.2. The third-order valence-corrected chi connectivity index (χ3v) is 4.81. The Bertz CT molecular complexity index is 629. The van der Waals surface area contributed by atoms with Crippen LogP contribution in [0.15, 0.2) is 47.9 Å². The first kappa shape index (κ1) is 15.0. The zero-order chi connectivity index (χ0) is 15.4. The molecule has 22 heavy (non-hydrogen) atoms. The van der Waals surface area contributed by atoms with E-state index < -0.39 is 0 Å². The van der Waals surface area contributed by atoms with Crippen molar-refractivity contribution in [2.45, 2.75) is 36.9 Å². The van der Waals surface area contributed by atoms with Gasteiger partial charge >= 0.3 is 6.03 Å². The van der Waals surface area contributed by atoms with Crippen LogP contribution >= 0.6 is 11.8 Å². The summed E-state index contributed by atoms with van der Waals surface area (Å²) < 4.78 is 1.96. The average molecular weight is 316 g/mol. The number of benzene rings is 1. The molecule has 2 aromatic rings. The standard InChI is InChI=1S/C16H20N4OS/c1-12(10-20-8-7-17-11-20)18-16(21)19-14-6-9-22-15-5-3-2-4-13(14)15/h2-5,7-8,11-12,14H,6,9-10H2,1H3,(H2,18,19,21)/t12-,14+/m1/s1. The normalized spacial score (nSPS) is 18.3. The lowest BCUT2D eigenvalue weighted by Crippen LogP contribution is -2.44. The third-order valence-electron chi connectivity index (χ3n) is 3.69. The number of nitrogens with one attached hydrogen (secondary N) is 2. The highest BCUT2D eigenvalue weighted by Gasteiger charge is 2.22. The van der Waals surface area contributed by atoms with Gasteiger partial charge in [-0.1, -0.05) is 18.2 Å². The van der Waals surface area contributed by atoms with Crippen LogP contribution in [0, 0.1) is 0 Å². The Morgan fingerprint density at radius 2 is 2.36 bits per heavy atom. The van der Waals surface area contributed by atoms with Crippen molar-refractivity contribution in [1.82, 2.24) is 20.2 Å². The summed E-state index contributed by atoms with van der Waals surface area (Å²) in [6.45, 7) is 2.70. The van der Waals surface area contributed by atoms with Gasteiger partial charge < -0.3 is 15.2 Å². The molecule has 3 rings (SSSR count). The number of aromatic nitrogens is 2. The van der Waals surface area contributed by atoms with Crippen LogP contribution in [-0.4, -0.2) is 27.4 Å². The number of hydrogen-bond acceptors (Lipinski definition) is 3. The van der Waals surface area contributed by atoms with E-state index in [1.54, 1.807) is 12.5 Å². The summed E-state index contributed by atoms with van der Waals surface area (Å²) in [5.41, 5.74) is 1.22. The molecule has 0 unspecified atom stereocenters. The smallest absolute Gasteiger partial charge is 0.315 e. The van der Waals surface area contributed by atoms with Crippen molar-refractivity contribution in [2.75, 3.05) is 5.75 Å². The molecule has 2 atom stereocenters. The van der Waals surface area contributed by atoms with E-state index in [0.29, 0.717) is 6.54 Å². The summed E-state index contributed by atoms with van der Waals surface area (Å²) in [5.74, 6) is 1.03. The van der Waals surface area contributed by atoms with Crippen molar-refractivity contribution >= 4 is 17.8 Å². The van der Waals surface area contributed by atoms with E-state index in [1.165, 1.54) is 10.5 Å². The highest BCUT2D eigenvalue weighted by Crippen LogP contribution is 2.35. The van der Waals surface area contributed by atoms with Gasteiger partial charge in [-0.05, 0) is 25.0 Å². The Balaban J connectivity index is 1.56. The van der Waals surface area contributed by atoms with Crippen LogP contribution in [0.2, 0.25) is 0 Å². The molecule has 0 spiro atoms. The summed E-state index contributed by atoms with van der Waals surface area (Å²) in [4.78, 5) is 17.5. The van der Waals surface area contributed by atoms with Crippen LogP contribution in [0.5, 0.6) is 0 Å². The van der Waals surface area contributed by atoms with Crippen LogP contribution in [0.4, 0.5) is 4.79 Å². The molecule has 2 heterocycles. The number of carbonyl (C=O) groups is 1. The molecule has 0 fully saturated rings. The Morgan fingerprint density at radius 3 is 3.18 bits per heavy atom. The number of thioether (sulfide) groups is 1. The second-order valence-corrected chi connectivity index (χ2v) is 6.64. The Hall–Kier alpha value is -1.95. The van der Waals surface area contributed by atoms with E-state index in [4.69, 9.17) is 0 Å². The van der Waals surface area contributed by atoms with Crippen LogP contribution in [-0.2, 0) is 6.54 Å². The maximum Gasteiger partial charge on any atom is 0.315 e. The lowest BCUT2D eigenvalue weighted by molar-refractivity contribution is 0.232. The number of rotatable bonds is 4. The fourth-order valence-corrected chi connectivity index (χ4v) is 3.80. The molecule has 0 saturated carbocycles. The van der Waals surface area contributed by atoms with Gasteiger partial charge in [-0.25, -0.2) is 9.78 Å². The maximum absolute atomic E-state index is 12.2. The lowest BCUT2D eigenvalue weighted by atomic mass is 10.0. The van der Waals surface area contributed by atoms with Crippen molar-refractivity contribution in [3.05, 3.63) is 48.5 Å². The zero-order valence-electron chi connectivity index (χ0n) is 12.5. The molecule has 1 aromatic heterocycles. The molecular weight excluding hydrogens is 296 g/mol. The van der Waals surface area contributed by atoms with Gasteiger partial charge in [0.25, 0.3) is 0 Å². The van der Waals surface area contributed by atoms with Gasteiger partial charge in [0.1, 0.15) is 0 Å². The van der Waals surface area contributed by atoms with Gasteiger partial charge in [-0.2, -0.15) is 0 Å². The van der Waals surface area contributed by atoms with E-state index in [1.807, 2.05) is 41.6 Å². The van der Waals surface area contributed by atoms with E-state index in [-0.39, 0.29) is 18.1 Å². The Kier molecular flexibility index (Phi) is 4.68. The zero-order valence-corrected chi connectivity index (χ0v) is 13.3. The van der Waals surface area contributed by atoms with Gasteiger partial charge in [0, 0.05) is 35.6 Å². The molecule has 0 radical (unpaired) electrons. The highest BCUT2D eigenvalue weighted by molar-refractivity contribution is 7.99. The monoisotopic (exact) mass is 316 g/mol. The second kappa shape index (κ2) is 6.87. The van der Waals surface area contributed by atoms with Crippen LogP contribution in [0.25, 0.3) is 0 Å². The van der Waals surface area contributed by atoms with Crippen molar-refractivity contribution in [3.8, 4) is 0 Å². The lowest BCUT2D eigenvalue weighted by Gasteiger charge is -2.26. The first-order chi connectivity index (χ1) is 10.7. The Morgan fingerprint density at radius 1 is 1.50 bits per heavy atom. The Labute approximate surface area is 134 Å². The number of carbonyl (C=O) groups excluding carboxylic acids is 1. The van der Waals surface area contributed by atoms with Gasteiger partial charge in [0.2, 0.25) is 0 Å². The predicted octanol–water partition coefficient (Wildman–Crippen LogP) is 2.81. The van der Waals surface area contributed by atoms with E-state index in [9.17, 15) is 4.79 Å². The summed E-state index contributed by atoms with van der Waals surface area (Å²) in [6, 6.07) is 8.31. The molecule has 1 aliphatic rings.